The Morgan fingerprint density at radius 3 is 1.64 bits per heavy atom. The van der Waals surface area contributed by atoms with Crippen LogP contribution >= 0.6 is 0 Å². The van der Waals surface area contributed by atoms with Crippen LogP contribution in [0.2, 0.25) is 65.0 Å². The van der Waals surface area contributed by atoms with Crippen molar-refractivity contribution in [2.75, 3.05) is 0 Å². The Kier molecular flexibility index (Phi) is 8.40. The molecule has 1 fully saturated rings. The number of hydrogen-bond acceptors (Lipinski definition) is 3. The molecule has 0 radical (unpaired) electrons. The van der Waals surface area contributed by atoms with Crippen molar-refractivity contribution in [3.05, 3.63) is 0 Å². The maximum Gasteiger partial charge on any atom is 0.316 e. The van der Waals surface area contributed by atoms with Crippen molar-refractivity contribution in [1.82, 2.24) is 0 Å². The molecule has 1 aliphatic rings. The second kappa shape index (κ2) is 8.83. The van der Waals surface area contributed by atoms with Gasteiger partial charge < -0.3 is 12.3 Å². The molecule has 1 rings (SSSR count). The zero-order valence-corrected chi connectivity index (χ0v) is 22.6. The third kappa shape index (κ3) is 10.0. The molecule has 150 valence electrons. The fourth-order valence-electron chi connectivity index (χ4n) is 4.48. The minimum atomic E-state index is -2.25. The summed E-state index contributed by atoms with van der Waals surface area (Å²) in [5, 5.41) is 0. The Balaban J connectivity index is 2.88. The molecule has 0 aliphatic heterocycles. The van der Waals surface area contributed by atoms with Crippen molar-refractivity contribution in [2.45, 2.75) is 104 Å². The third-order valence-electron chi connectivity index (χ3n) is 4.68. The summed E-state index contributed by atoms with van der Waals surface area (Å²) in [6.07, 6.45) is 7.02. The molecule has 1 aliphatic carbocycles. The second-order valence-electron chi connectivity index (χ2n) is 10.6. The minimum absolute atomic E-state index is 0.699. The van der Waals surface area contributed by atoms with Gasteiger partial charge in [-0.05, 0) is 76.8 Å². The fourth-order valence-corrected chi connectivity index (χ4v) is 23.0. The second-order valence-corrected chi connectivity index (χ2v) is 27.0. The summed E-state index contributed by atoms with van der Waals surface area (Å²) in [5.41, 5.74) is 0. The van der Waals surface area contributed by atoms with E-state index in [-0.39, 0.29) is 0 Å². The zero-order valence-electron chi connectivity index (χ0n) is 18.6. The van der Waals surface area contributed by atoms with Gasteiger partial charge in [-0.25, -0.2) is 0 Å². The molecule has 0 aromatic carbocycles. The fraction of sp³-hybridized carbons (Fsp3) is 1.00. The summed E-state index contributed by atoms with van der Waals surface area (Å²) >= 11 is 0. The van der Waals surface area contributed by atoms with Crippen molar-refractivity contribution in [1.29, 1.82) is 0 Å². The summed E-state index contributed by atoms with van der Waals surface area (Å²) in [7, 11) is -7.68. The van der Waals surface area contributed by atoms with Crippen LogP contribution in [0.4, 0.5) is 0 Å². The summed E-state index contributed by atoms with van der Waals surface area (Å²) in [6.45, 7) is 22.8. The molecule has 0 N–H and O–H groups in total. The Morgan fingerprint density at radius 2 is 1.20 bits per heavy atom. The van der Waals surface area contributed by atoms with Crippen molar-refractivity contribution in [3.8, 4) is 0 Å². The van der Waals surface area contributed by atoms with Gasteiger partial charge in [0.25, 0.3) is 0 Å². The Hall–Kier alpha value is 0.748. The van der Waals surface area contributed by atoms with Gasteiger partial charge in [0.05, 0.1) is 0 Å². The maximum absolute atomic E-state index is 6.84. The molecule has 0 amide bonds. The van der Waals surface area contributed by atoms with Crippen LogP contribution in [0.1, 0.15) is 39.0 Å². The highest BCUT2D eigenvalue weighted by Crippen LogP contribution is 2.37. The number of rotatable bonds is 9. The monoisotopic (exact) mass is 420 g/mol. The van der Waals surface area contributed by atoms with Gasteiger partial charge in [-0.2, -0.15) is 0 Å². The standard InChI is InChI=1S/C18H44O3Si4/c1-17(18-14-12-11-13-15-18)16-25(10,20-23(5,6)7)21-24(8,9)19-22(2,3)4/h17-18H,11-16H2,1-10H3. The Morgan fingerprint density at radius 1 is 0.720 bits per heavy atom. The molecule has 0 spiro atoms. The summed E-state index contributed by atoms with van der Waals surface area (Å²) in [6, 6.07) is 1.12. The highest BCUT2D eigenvalue weighted by Gasteiger charge is 2.45. The molecule has 2 unspecified atom stereocenters. The predicted octanol–water partition coefficient (Wildman–Crippen LogP) is 6.70. The average molecular weight is 421 g/mol. The van der Waals surface area contributed by atoms with Crippen LogP contribution in [0, 0.1) is 11.8 Å². The Bertz CT molecular complexity index is 412. The van der Waals surface area contributed by atoms with E-state index in [1.165, 1.54) is 32.1 Å². The van der Waals surface area contributed by atoms with Gasteiger partial charge in [-0.3, -0.25) is 0 Å². The summed E-state index contributed by atoms with van der Waals surface area (Å²) in [4.78, 5) is 0. The van der Waals surface area contributed by atoms with Crippen LogP contribution in [0.15, 0.2) is 0 Å². The summed E-state index contributed by atoms with van der Waals surface area (Å²) < 4.78 is 20.1. The molecule has 0 heterocycles. The van der Waals surface area contributed by atoms with Gasteiger partial charge >= 0.3 is 17.1 Å². The molecule has 1 saturated carbocycles. The van der Waals surface area contributed by atoms with Crippen LogP contribution in [0.3, 0.4) is 0 Å². The van der Waals surface area contributed by atoms with Gasteiger partial charge in [0.1, 0.15) is 0 Å². The lowest BCUT2D eigenvalue weighted by atomic mass is 9.82. The summed E-state index contributed by atoms with van der Waals surface area (Å²) in [5.74, 6) is 1.56. The van der Waals surface area contributed by atoms with Crippen LogP contribution in [0.5, 0.6) is 0 Å². The molecule has 0 saturated heterocycles. The van der Waals surface area contributed by atoms with E-state index in [4.69, 9.17) is 12.3 Å². The number of hydrogen-bond donors (Lipinski definition) is 0. The van der Waals surface area contributed by atoms with Crippen LogP contribution in [-0.2, 0) is 12.3 Å². The molecule has 2 atom stereocenters. The average Bonchev–Trinajstić information content (AvgIpc) is 2.32. The van der Waals surface area contributed by atoms with Crippen molar-refractivity contribution >= 4 is 33.8 Å². The SMILES string of the molecule is CC(C[Si](C)(O[Si](C)(C)C)O[Si](C)(C)O[Si](C)(C)C)C1CCCCC1. The first kappa shape index (κ1) is 23.8. The third-order valence-corrected chi connectivity index (χ3v) is 18.4. The molecule has 0 bridgehead atoms. The lowest BCUT2D eigenvalue weighted by molar-refractivity contribution is 0.254. The van der Waals surface area contributed by atoms with Gasteiger partial charge in [-0.15, -0.1) is 0 Å². The molecule has 7 heteroatoms. The van der Waals surface area contributed by atoms with E-state index in [0.717, 1.165) is 12.0 Å². The molecule has 3 nitrogen and oxygen atoms in total. The molecule has 0 aromatic heterocycles. The van der Waals surface area contributed by atoms with Gasteiger partial charge in [0.2, 0.25) is 0 Å². The van der Waals surface area contributed by atoms with E-state index in [2.05, 4.69) is 65.8 Å². The quantitative estimate of drug-likeness (QED) is 0.388. The van der Waals surface area contributed by atoms with E-state index in [1.807, 2.05) is 0 Å². The van der Waals surface area contributed by atoms with E-state index < -0.39 is 33.8 Å². The zero-order chi connectivity index (χ0) is 19.5. The first-order valence-electron chi connectivity index (χ1n) is 10.2. The van der Waals surface area contributed by atoms with E-state index in [0.29, 0.717) is 5.92 Å². The van der Waals surface area contributed by atoms with Gasteiger partial charge in [0, 0.05) is 0 Å². The maximum atomic E-state index is 6.84. The normalized spacial score (nSPS) is 21.8. The lowest BCUT2D eigenvalue weighted by Crippen LogP contribution is -2.57. The highest BCUT2D eigenvalue weighted by atomic mass is 28.5. The Labute approximate surface area is 162 Å². The minimum Gasteiger partial charge on any atom is -0.437 e. The van der Waals surface area contributed by atoms with Crippen molar-refractivity contribution < 1.29 is 12.3 Å². The van der Waals surface area contributed by atoms with Crippen LogP contribution < -0.4 is 0 Å². The van der Waals surface area contributed by atoms with Crippen molar-refractivity contribution in [2.24, 2.45) is 11.8 Å². The largest absolute Gasteiger partial charge is 0.437 e. The van der Waals surface area contributed by atoms with E-state index >= 15 is 0 Å². The van der Waals surface area contributed by atoms with Crippen LogP contribution in [-0.4, -0.2) is 33.8 Å². The van der Waals surface area contributed by atoms with Gasteiger partial charge in [0.15, 0.2) is 16.6 Å². The van der Waals surface area contributed by atoms with E-state index in [9.17, 15) is 0 Å². The topological polar surface area (TPSA) is 27.7 Å². The molecule has 25 heavy (non-hydrogen) atoms. The molecule has 0 aromatic rings. The molecular formula is C18H44O3Si4. The smallest absolute Gasteiger partial charge is 0.316 e. The van der Waals surface area contributed by atoms with E-state index in [1.54, 1.807) is 0 Å². The lowest BCUT2D eigenvalue weighted by Gasteiger charge is -2.43. The molecular weight excluding hydrogens is 377 g/mol. The first-order valence-corrected chi connectivity index (χ1v) is 22.4. The predicted molar refractivity (Wildman–Crippen MR) is 120 cm³/mol. The van der Waals surface area contributed by atoms with Crippen molar-refractivity contribution in [3.63, 3.8) is 0 Å². The first-order chi connectivity index (χ1) is 11.1. The van der Waals surface area contributed by atoms with Crippen LogP contribution in [0.25, 0.3) is 0 Å². The van der Waals surface area contributed by atoms with Gasteiger partial charge in [-0.1, -0.05) is 39.0 Å². The highest BCUT2D eigenvalue weighted by molar-refractivity contribution is 6.89.